The van der Waals surface area contributed by atoms with E-state index >= 15 is 0 Å². The lowest BCUT2D eigenvalue weighted by Crippen LogP contribution is -2.50. The van der Waals surface area contributed by atoms with Crippen LogP contribution in [-0.4, -0.2) is 63.3 Å². The van der Waals surface area contributed by atoms with Gasteiger partial charge in [-0.25, -0.2) is 9.97 Å². The van der Waals surface area contributed by atoms with E-state index in [4.69, 9.17) is 5.11 Å². The number of aromatic hydroxyl groups is 1. The second-order valence-electron chi connectivity index (χ2n) is 8.63. The Kier molecular flexibility index (Phi) is 8.06. The van der Waals surface area contributed by atoms with Crippen molar-refractivity contribution in [1.82, 2.24) is 20.2 Å². The van der Waals surface area contributed by atoms with E-state index in [0.717, 1.165) is 49.4 Å². The Balaban J connectivity index is 1.34. The molecule has 1 fully saturated rings. The minimum Gasteiger partial charge on any atom is -0.508 e. The molecule has 8 nitrogen and oxygen atoms in total. The number of hydrogen-bond donors (Lipinski definition) is 4. The Morgan fingerprint density at radius 1 is 1.15 bits per heavy atom. The highest BCUT2D eigenvalue weighted by Gasteiger charge is 2.20. The standard InChI is InChI=1S/C26H31N5O3/c32-23-7-4-19(5-8-23)10-12-28-26-29-13-11-24(30-26)21-3-1-2-20(16-21)17-31-15-14-27-22(18-31)6-9-25(33)34/h1-5,7-8,11,13,16,22,27,32H,6,9-10,12,14-15,17-18H2,(H,33,34)(H,28,29,30). The van der Waals surface area contributed by atoms with E-state index in [0.29, 0.717) is 18.9 Å². The third-order valence-corrected chi connectivity index (χ3v) is 5.96. The normalized spacial score (nSPS) is 16.3. The molecular weight excluding hydrogens is 430 g/mol. The van der Waals surface area contributed by atoms with Crippen molar-refractivity contribution in [2.24, 2.45) is 0 Å². The molecule has 0 saturated carbocycles. The molecule has 34 heavy (non-hydrogen) atoms. The van der Waals surface area contributed by atoms with E-state index in [1.54, 1.807) is 18.3 Å². The molecule has 4 N–H and O–H groups in total. The lowest BCUT2D eigenvalue weighted by Gasteiger charge is -2.33. The average molecular weight is 462 g/mol. The van der Waals surface area contributed by atoms with Gasteiger partial charge in [0.05, 0.1) is 5.69 Å². The van der Waals surface area contributed by atoms with Crippen molar-refractivity contribution in [3.8, 4) is 17.0 Å². The van der Waals surface area contributed by atoms with Gasteiger partial charge in [-0.1, -0.05) is 30.3 Å². The summed E-state index contributed by atoms with van der Waals surface area (Å²) in [6.45, 7) is 4.17. The van der Waals surface area contributed by atoms with E-state index < -0.39 is 5.97 Å². The van der Waals surface area contributed by atoms with Crippen LogP contribution in [0.5, 0.6) is 5.75 Å². The predicted octanol–water partition coefficient (Wildman–Crippen LogP) is 3.14. The lowest BCUT2D eigenvalue weighted by atomic mass is 10.1. The summed E-state index contributed by atoms with van der Waals surface area (Å²) in [6, 6.07) is 17.7. The maximum Gasteiger partial charge on any atom is 0.303 e. The number of phenolic OH excluding ortho intramolecular Hbond substituents is 1. The average Bonchev–Trinajstić information content (AvgIpc) is 2.85. The number of piperazine rings is 1. The van der Waals surface area contributed by atoms with Crippen molar-refractivity contribution in [3.05, 3.63) is 71.9 Å². The number of aliphatic carboxylic acids is 1. The molecule has 2 aromatic carbocycles. The molecule has 1 unspecified atom stereocenters. The zero-order valence-electron chi connectivity index (χ0n) is 19.2. The highest BCUT2D eigenvalue weighted by Crippen LogP contribution is 2.21. The minimum atomic E-state index is -0.745. The van der Waals surface area contributed by atoms with Crippen LogP contribution in [0.2, 0.25) is 0 Å². The number of nitrogens with zero attached hydrogens (tertiary/aromatic N) is 3. The van der Waals surface area contributed by atoms with Gasteiger partial charge < -0.3 is 20.8 Å². The summed E-state index contributed by atoms with van der Waals surface area (Å²) >= 11 is 0. The van der Waals surface area contributed by atoms with Crippen LogP contribution in [0.25, 0.3) is 11.3 Å². The van der Waals surface area contributed by atoms with Gasteiger partial charge in [-0.15, -0.1) is 0 Å². The van der Waals surface area contributed by atoms with Crippen LogP contribution >= 0.6 is 0 Å². The fourth-order valence-corrected chi connectivity index (χ4v) is 4.20. The first kappa shape index (κ1) is 23.7. The molecule has 1 saturated heterocycles. The predicted molar refractivity (Wildman–Crippen MR) is 132 cm³/mol. The molecular formula is C26H31N5O3. The number of carboxylic acids is 1. The van der Waals surface area contributed by atoms with Crippen molar-refractivity contribution >= 4 is 11.9 Å². The number of nitrogens with one attached hydrogen (secondary N) is 2. The number of hydrogen-bond acceptors (Lipinski definition) is 7. The molecule has 1 aliphatic heterocycles. The van der Waals surface area contributed by atoms with Crippen LogP contribution in [0.3, 0.4) is 0 Å². The van der Waals surface area contributed by atoms with Gasteiger partial charge in [0.1, 0.15) is 5.75 Å². The topological polar surface area (TPSA) is 111 Å². The molecule has 3 aromatic rings. The maximum absolute atomic E-state index is 10.9. The molecule has 8 heteroatoms. The molecule has 0 amide bonds. The summed E-state index contributed by atoms with van der Waals surface area (Å²) in [7, 11) is 0. The van der Waals surface area contributed by atoms with E-state index in [1.165, 1.54) is 5.56 Å². The number of phenols is 1. The van der Waals surface area contributed by atoms with Crippen LogP contribution in [-0.2, 0) is 17.8 Å². The van der Waals surface area contributed by atoms with E-state index in [1.807, 2.05) is 18.2 Å². The monoisotopic (exact) mass is 461 g/mol. The molecule has 1 aromatic heterocycles. The van der Waals surface area contributed by atoms with Crippen LogP contribution in [0.4, 0.5) is 5.95 Å². The molecule has 0 radical (unpaired) electrons. The SMILES string of the molecule is O=C(O)CCC1CN(Cc2cccc(-c3ccnc(NCCc4ccc(O)cc4)n3)c2)CCN1. The van der Waals surface area contributed by atoms with Gasteiger partial charge in [-0.2, -0.15) is 0 Å². The Labute approximate surface area is 199 Å². The van der Waals surface area contributed by atoms with Gasteiger partial charge in [0.25, 0.3) is 0 Å². The largest absolute Gasteiger partial charge is 0.508 e. The summed E-state index contributed by atoms with van der Waals surface area (Å²) in [6.07, 6.45) is 3.41. The highest BCUT2D eigenvalue weighted by molar-refractivity contribution is 5.66. The molecule has 1 aliphatic rings. The Hall–Kier alpha value is -3.49. The Morgan fingerprint density at radius 2 is 2.00 bits per heavy atom. The van der Waals surface area contributed by atoms with Gasteiger partial charge in [0.15, 0.2) is 0 Å². The van der Waals surface area contributed by atoms with Gasteiger partial charge in [-0.3, -0.25) is 9.69 Å². The zero-order valence-corrected chi connectivity index (χ0v) is 19.2. The van der Waals surface area contributed by atoms with Gasteiger partial charge >= 0.3 is 5.97 Å². The van der Waals surface area contributed by atoms with Gasteiger partial charge in [0, 0.05) is 56.9 Å². The summed E-state index contributed by atoms with van der Waals surface area (Å²) < 4.78 is 0. The smallest absolute Gasteiger partial charge is 0.303 e. The highest BCUT2D eigenvalue weighted by atomic mass is 16.4. The molecule has 4 rings (SSSR count). The first-order valence-electron chi connectivity index (χ1n) is 11.7. The summed E-state index contributed by atoms with van der Waals surface area (Å²) in [5, 5.41) is 25.1. The number of carboxylic acid groups (broad SMARTS) is 1. The summed E-state index contributed by atoms with van der Waals surface area (Å²) in [5.41, 5.74) is 4.24. The number of carbonyl (C=O) groups is 1. The van der Waals surface area contributed by atoms with Gasteiger partial charge in [-0.05, 0) is 48.2 Å². The van der Waals surface area contributed by atoms with Crippen molar-refractivity contribution in [2.45, 2.75) is 31.8 Å². The Morgan fingerprint density at radius 3 is 2.82 bits per heavy atom. The molecule has 0 bridgehead atoms. The van der Waals surface area contributed by atoms with Crippen LogP contribution < -0.4 is 10.6 Å². The van der Waals surface area contributed by atoms with E-state index in [9.17, 15) is 9.90 Å². The zero-order chi connectivity index (χ0) is 23.8. The van der Waals surface area contributed by atoms with Crippen LogP contribution in [0.1, 0.15) is 24.0 Å². The third kappa shape index (κ3) is 7.00. The third-order valence-electron chi connectivity index (χ3n) is 5.96. The van der Waals surface area contributed by atoms with Crippen LogP contribution in [0.15, 0.2) is 60.8 Å². The molecule has 0 spiro atoms. The maximum atomic E-state index is 10.9. The van der Waals surface area contributed by atoms with E-state index in [-0.39, 0.29) is 18.2 Å². The fourth-order valence-electron chi connectivity index (χ4n) is 4.20. The number of rotatable bonds is 10. The van der Waals surface area contributed by atoms with Crippen molar-refractivity contribution in [2.75, 3.05) is 31.5 Å². The quantitative estimate of drug-likeness (QED) is 0.365. The van der Waals surface area contributed by atoms with E-state index in [2.05, 4.69) is 49.8 Å². The second kappa shape index (κ2) is 11.6. The molecule has 1 atom stereocenters. The summed E-state index contributed by atoms with van der Waals surface area (Å²) in [5.74, 6) is 0.112. The first-order valence-corrected chi connectivity index (χ1v) is 11.7. The minimum absolute atomic E-state index is 0.194. The van der Waals surface area contributed by atoms with Crippen LogP contribution in [0, 0.1) is 0 Å². The number of aromatic nitrogens is 2. The van der Waals surface area contributed by atoms with Crippen molar-refractivity contribution in [1.29, 1.82) is 0 Å². The second-order valence-corrected chi connectivity index (χ2v) is 8.63. The first-order chi connectivity index (χ1) is 16.5. The molecule has 178 valence electrons. The van der Waals surface area contributed by atoms with Gasteiger partial charge in [0.2, 0.25) is 5.95 Å². The Bertz CT molecular complexity index is 1090. The van der Waals surface area contributed by atoms with Crippen molar-refractivity contribution < 1.29 is 15.0 Å². The fraction of sp³-hybridized carbons (Fsp3) is 0.346. The number of benzene rings is 2. The molecule has 2 heterocycles. The lowest BCUT2D eigenvalue weighted by molar-refractivity contribution is -0.137. The molecule has 0 aliphatic carbocycles. The van der Waals surface area contributed by atoms with Crippen molar-refractivity contribution in [3.63, 3.8) is 0 Å². The number of anilines is 1. The summed E-state index contributed by atoms with van der Waals surface area (Å²) in [4.78, 5) is 22.3.